The molecule has 0 spiro atoms. The van der Waals surface area contributed by atoms with E-state index in [1.807, 2.05) is 52.4 Å². The van der Waals surface area contributed by atoms with Crippen LogP contribution in [0.2, 0.25) is 0 Å². The Morgan fingerprint density at radius 1 is 1.13 bits per heavy atom. The van der Waals surface area contributed by atoms with Crippen molar-refractivity contribution in [2.75, 3.05) is 5.32 Å². The summed E-state index contributed by atoms with van der Waals surface area (Å²) in [5, 5.41) is 13.7. The molecule has 0 aliphatic carbocycles. The molecular formula is C22H19FN4OS2. The molecule has 4 rings (SSSR count). The van der Waals surface area contributed by atoms with E-state index in [9.17, 15) is 9.18 Å². The fourth-order valence-corrected chi connectivity index (χ4v) is 4.46. The van der Waals surface area contributed by atoms with Gasteiger partial charge in [0.2, 0.25) is 5.91 Å². The number of thioether (sulfide) groups is 1. The molecule has 30 heavy (non-hydrogen) atoms. The molecule has 1 amide bonds. The Kier molecular flexibility index (Phi) is 6.25. The Balaban J connectivity index is 1.56. The van der Waals surface area contributed by atoms with Crippen molar-refractivity contribution >= 4 is 34.7 Å². The van der Waals surface area contributed by atoms with Crippen LogP contribution in [0, 0.1) is 5.82 Å². The van der Waals surface area contributed by atoms with Crippen molar-refractivity contribution in [3.05, 3.63) is 83.5 Å². The van der Waals surface area contributed by atoms with E-state index in [2.05, 4.69) is 15.5 Å². The third-order valence-corrected chi connectivity index (χ3v) is 6.33. The number of hydrogen-bond acceptors (Lipinski definition) is 5. The molecule has 4 aromatic rings. The van der Waals surface area contributed by atoms with Crippen molar-refractivity contribution in [3.8, 4) is 10.7 Å². The van der Waals surface area contributed by atoms with Crippen molar-refractivity contribution < 1.29 is 9.18 Å². The summed E-state index contributed by atoms with van der Waals surface area (Å²) in [5.74, 6) is 0.155. The van der Waals surface area contributed by atoms with Crippen LogP contribution in [-0.4, -0.2) is 25.9 Å². The average Bonchev–Trinajstić information content (AvgIpc) is 3.39. The molecule has 2 aromatic carbocycles. The predicted molar refractivity (Wildman–Crippen MR) is 119 cm³/mol. The quantitative estimate of drug-likeness (QED) is 0.397. The molecule has 0 bridgehead atoms. The lowest BCUT2D eigenvalue weighted by atomic mass is 10.2. The van der Waals surface area contributed by atoms with E-state index in [0.717, 1.165) is 16.3 Å². The molecule has 0 aliphatic rings. The first-order chi connectivity index (χ1) is 14.6. The standard InChI is InChI=1S/C22H19FN4OS2/c1-15(21(28)24-18-10-5-9-17(23)13-18)30-22-26-25-20(19-11-6-12-29-19)27(22)14-16-7-3-2-4-8-16/h2-13,15H,14H2,1H3,(H,24,28). The molecule has 1 atom stereocenters. The van der Waals surface area contributed by atoms with Gasteiger partial charge in [-0.15, -0.1) is 21.5 Å². The summed E-state index contributed by atoms with van der Waals surface area (Å²) < 4.78 is 15.4. The number of nitrogens with zero attached hydrogens (tertiary/aromatic N) is 3. The first kappa shape index (κ1) is 20.3. The van der Waals surface area contributed by atoms with E-state index in [-0.39, 0.29) is 5.91 Å². The number of carbonyl (C=O) groups excluding carboxylic acids is 1. The molecule has 0 fully saturated rings. The molecule has 0 saturated carbocycles. The van der Waals surface area contributed by atoms with Crippen molar-refractivity contribution in [2.24, 2.45) is 0 Å². The van der Waals surface area contributed by atoms with E-state index >= 15 is 0 Å². The number of carbonyl (C=O) groups is 1. The first-order valence-electron chi connectivity index (χ1n) is 9.34. The second-order valence-corrected chi connectivity index (χ2v) is 8.87. The van der Waals surface area contributed by atoms with Crippen LogP contribution in [0.15, 0.2) is 77.3 Å². The highest BCUT2D eigenvalue weighted by Gasteiger charge is 2.21. The molecule has 5 nitrogen and oxygen atoms in total. The van der Waals surface area contributed by atoms with Crippen molar-refractivity contribution in [2.45, 2.75) is 23.9 Å². The number of anilines is 1. The zero-order chi connectivity index (χ0) is 20.9. The summed E-state index contributed by atoms with van der Waals surface area (Å²) in [7, 11) is 0. The molecule has 2 aromatic heterocycles. The third-order valence-electron chi connectivity index (χ3n) is 4.39. The molecule has 0 radical (unpaired) electrons. The summed E-state index contributed by atoms with van der Waals surface area (Å²) in [6, 6.07) is 19.9. The van der Waals surface area contributed by atoms with Gasteiger partial charge in [0.25, 0.3) is 0 Å². The first-order valence-corrected chi connectivity index (χ1v) is 11.1. The molecule has 1 unspecified atom stereocenters. The van der Waals surface area contributed by atoms with Crippen molar-refractivity contribution in [1.82, 2.24) is 14.8 Å². The SMILES string of the molecule is CC(Sc1nnc(-c2cccs2)n1Cc1ccccc1)C(=O)Nc1cccc(F)c1. The zero-order valence-corrected chi connectivity index (χ0v) is 17.8. The Hall–Kier alpha value is -2.97. The number of aromatic nitrogens is 3. The van der Waals surface area contributed by atoms with E-state index in [1.165, 1.54) is 23.9 Å². The fourth-order valence-electron chi connectivity index (χ4n) is 2.89. The van der Waals surface area contributed by atoms with Gasteiger partial charge in [0, 0.05) is 5.69 Å². The molecule has 0 aliphatic heterocycles. The van der Waals surface area contributed by atoms with Gasteiger partial charge in [0.05, 0.1) is 16.7 Å². The summed E-state index contributed by atoms with van der Waals surface area (Å²) >= 11 is 2.92. The van der Waals surface area contributed by atoms with E-state index < -0.39 is 11.1 Å². The normalized spacial score (nSPS) is 11.9. The highest BCUT2D eigenvalue weighted by molar-refractivity contribution is 8.00. The number of amides is 1. The topological polar surface area (TPSA) is 59.8 Å². The predicted octanol–water partition coefficient (Wildman–Crippen LogP) is 5.31. The van der Waals surface area contributed by atoms with Crippen LogP contribution < -0.4 is 5.32 Å². The highest BCUT2D eigenvalue weighted by atomic mass is 32.2. The van der Waals surface area contributed by atoms with Crippen LogP contribution in [0.5, 0.6) is 0 Å². The van der Waals surface area contributed by atoms with Crippen LogP contribution in [0.4, 0.5) is 10.1 Å². The largest absolute Gasteiger partial charge is 0.325 e. The zero-order valence-electron chi connectivity index (χ0n) is 16.2. The summed E-state index contributed by atoms with van der Waals surface area (Å²) in [5.41, 5.74) is 1.55. The Labute approximate surface area is 182 Å². The number of hydrogen-bond donors (Lipinski definition) is 1. The van der Waals surface area contributed by atoms with Gasteiger partial charge in [-0.1, -0.05) is 54.2 Å². The van der Waals surface area contributed by atoms with Gasteiger partial charge in [-0.05, 0) is 42.1 Å². The smallest absolute Gasteiger partial charge is 0.237 e. The van der Waals surface area contributed by atoms with Gasteiger partial charge in [0.1, 0.15) is 5.82 Å². The molecule has 0 saturated heterocycles. The van der Waals surface area contributed by atoms with E-state index in [1.54, 1.807) is 30.4 Å². The lowest BCUT2D eigenvalue weighted by Gasteiger charge is -2.14. The number of thiophene rings is 1. The second-order valence-electron chi connectivity index (χ2n) is 6.61. The molecule has 152 valence electrons. The minimum Gasteiger partial charge on any atom is -0.325 e. The van der Waals surface area contributed by atoms with Crippen LogP contribution >= 0.6 is 23.1 Å². The summed E-state index contributed by atoms with van der Waals surface area (Å²) in [4.78, 5) is 13.6. The van der Waals surface area contributed by atoms with Gasteiger partial charge in [-0.3, -0.25) is 9.36 Å². The minimum absolute atomic E-state index is 0.225. The number of halogens is 1. The maximum absolute atomic E-state index is 13.4. The van der Waals surface area contributed by atoms with Crippen molar-refractivity contribution in [3.63, 3.8) is 0 Å². The molecule has 2 heterocycles. The Morgan fingerprint density at radius 2 is 1.97 bits per heavy atom. The van der Waals surface area contributed by atoms with Crippen LogP contribution in [0.3, 0.4) is 0 Å². The maximum Gasteiger partial charge on any atom is 0.237 e. The Morgan fingerprint density at radius 3 is 2.70 bits per heavy atom. The lowest BCUT2D eigenvalue weighted by molar-refractivity contribution is -0.115. The monoisotopic (exact) mass is 438 g/mol. The van der Waals surface area contributed by atoms with Gasteiger partial charge >= 0.3 is 0 Å². The fraction of sp³-hybridized carbons (Fsp3) is 0.136. The van der Waals surface area contributed by atoms with Crippen LogP contribution in [0.1, 0.15) is 12.5 Å². The van der Waals surface area contributed by atoms with E-state index in [0.29, 0.717) is 17.4 Å². The van der Waals surface area contributed by atoms with Gasteiger partial charge in [0.15, 0.2) is 11.0 Å². The lowest BCUT2D eigenvalue weighted by Crippen LogP contribution is -2.23. The maximum atomic E-state index is 13.4. The summed E-state index contributed by atoms with van der Waals surface area (Å²) in [6.45, 7) is 2.40. The van der Waals surface area contributed by atoms with Gasteiger partial charge in [-0.2, -0.15) is 0 Å². The molecule has 8 heteroatoms. The van der Waals surface area contributed by atoms with Gasteiger partial charge in [-0.25, -0.2) is 4.39 Å². The number of nitrogens with one attached hydrogen (secondary N) is 1. The molecular weight excluding hydrogens is 419 g/mol. The second kappa shape index (κ2) is 9.23. The van der Waals surface area contributed by atoms with Crippen LogP contribution in [-0.2, 0) is 11.3 Å². The van der Waals surface area contributed by atoms with Gasteiger partial charge < -0.3 is 5.32 Å². The summed E-state index contributed by atoms with van der Waals surface area (Å²) in [6.07, 6.45) is 0. The molecule has 1 N–H and O–H groups in total. The Bertz CT molecular complexity index is 1130. The average molecular weight is 439 g/mol. The highest BCUT2D eigenvalue weighted by Crippen LogP contribution is 2.30. The number of rotatable bonds is 7. The number of benzene rings is 2. The van der Waals surface area contributed by atoms with E-state index in [4.69, 9.17) is 0 Å². The third kappa shape index (κ3) is 4.77. The van der Waals surface area contributed by atoms with Crippen molar-refractivity contribution in [1.29, 1.82) is 0 Å². The van der Waals surface area contributed by atoms with Crippen LogP contribution in [0.25, 0.3) is 10.7 Å². The minimum atomic E-state index is -0.442.